The van der Waals surface area contributed by atoms with Crippen molar-refractivity contribution >= 4 is 24.2 Å². The van der Waals surface area contributed by atoms with Crippen LogP contribution >= 0.6 is 11.6 Å². The molecule has 29 heavy (non-hydrogen) atoms. The summed E-state index contributed by atoms with van der Waals surface area (Å²) in [6.45, 7) is 2.84. The zero-order valence-corrected chi connectivity index (χ0v) is 16.9. The van der Waals surface area contributed by atoms with Crippen molar-refractivity contribution in [2.24, 2.45) is 5.92 Å². The highest BCUT2D eigenvalue weighted by Gasteiger charge is 2.32. The molecule has 1 saturated carbocycles. The summed E-state index contributed by atoms with van der Waals surface area (Å²) in [5.41, 5.74) is 3.66. The summed E-state index contributed by atoms with van der Waals surface area (Å²) >= 11 is 6.04. The van der Waals surface area contributed by atoms with E-state index in [-0.39, 0.29) is 11.9 Å². The van der Waals surface area contributed by atoms with Crippen LogP contribution in [0.1, 0.15) is 42.6 Å². The SMILES string of the molecule is C[C@H]1OB(O)c2ccc(F)cc21.Clc1ncccc1Cc1cnn(CC2CC2)c1. The van der Waals surface area contributed by atoms with Crippen LogP contribution in [0.5, 0.6) is 0 Å². The first-order valence-electron chi connectivity index (χ1n) is 9.73. The zero-order chi connectivity index (χ0) is 20.4. The molecule has 1 N–H and O–H groups in total. The largest absolute Gasteiger partial charge is 0.491 e. The minimum atomic E-state index is -0.893. The molecule has 2 aromatic heterocycles. The van der Waals surface area contributed by atoms with Gasteiger partial charge < -0.3 is 9.68 Å². The Morgan fingerprint density at radius 1 is 1.34 bits per heavy atom. The van der Waals surface area contributed by atoms with Crippen molar-refractivity contribution in [2.75, 3.05) is 0 Å². The second kappa shape index (κ2) is 8.65. The smallest absolute Gasteiger partial charge is 0.423 e. The zero-order valence-electron chi connectivity index (χ0n) is 16.1. The number of halogens is 2. The van der Waals surface area contributed by atoms with Crippen LogP contribution in [0.15, 0.2) is 48.9 Å². The molecule has 1 atom stereocenters. The first-order valence-corrected chi connectivity index (χ1v) is 10.1. The van der Waals surface area contributed by atoms with E-state index in [0.29, 0.717) is 10.6 Å². The van der Waals surface area contributed by atoms with E-state index in [9.17, 15) is 9.41 Å². The third kappa shape index (κ3) is 5.04. The minimum Gasteiger partial charge on any atom is -0.423 e. The summed E-state index contributed by atoms with van der Waals surface area (Å²) in [7, 11) is -0.893. The number of hydrogen-bond donors (Lipinski definition) is 1. The number of nitrogens with zero attached hydrogens (tertiary/aromatic N) is 3. The highest BCUT2D eigenvalue weighted by atomic mass is 35.5. The lowest BCUT2D eigenvalue weighted by atomic mass is 9.79. The molecule has 3 aromatic rings. The summed E-state index contributed by atoms with van der Waals surface area (Å²) in [6, 6.07) is 8.20. The third-order valence-electron chi connectivity index (χ3n) is 5.15. The molecule has 0 spiro atoms. The van der Waals surface area contributed by atoms with Gasteiger partial charge in [-0.15, -0.1) is 0 Å². The van der Waals surface area contributed by atoms with E-state index in [1.54, 1.807) is 19.2 Å². The molecule has 1 aliphatic heterocycles. The number of benzene rings is 1. The third-order valence-corrected chi connectivity index (χ3v) is 5.49. The lowest BCUT2D eigenvalue weighted by molar-refractivity contribution is 0.208. The van der Waals surface area contributed by atoms with Crippen LogP contribution in [0.2, 0.25) is 5.15 Å². The van der Waals surface area contributed by atoms with Crippen LogP contribution in [0.25, 0.3) is 0 Å². The lowest BCUT2D eigenvalue weighted by Gasteiger charge is -2.02. The second-order valence-electron chi connectivity index (χ2n) is 7.55. The number of rotatable bonds is 4. The van der Waals surface area contributed by atoms with Crippen LogP contribution in [0.4, 0.5) is 4.39 Å². The van der Waals surface area contributed by atoms with Crippen LogP contribution < -0.4 is 5.46 Å². The molecule has 1 aliphatic carbocycles. The Bertz CT molecular complexity index is 996. The summed E-state index contributed by atoms with van der Waals surface area (Å²) in [5, 5.41) is 14.3. The van der Waals surface area contributed by atoms with Crippen molar-refractivity contribution in [3.8, 4) is 0 Å². The number of hydrogen-bond acceptors (Lipinski definition) is 4. The maximum Gasteiger partial charge on any atom is 0.491 e. The molecular weight excluding hydrogens is 392 g/mol. The molecule has 2 aliphatic rings. The predicted octanol–water partition coefficient (Wildman–Crippen LogP) is 3.54. The second-order valence-corrected chi connectivity index (χ2v) is 7.91. The van der Waals surface area contributed by atoms with Crippen LogP contribution in [0.3, 0.4) is 0 Å². The van der Waals surface area contributed by atoms with Crippen LogP contribution in [0, 0.1) is 11.7 Å². The van der Waals surface area contributed by atoms with Crippen molar-refractivity contribution in [2.45, 2.75) is 38.8 Å². The fraction of sp³-hybridized carbons (Fsp3) is 0.333. The van der Waals surface area contributed by atoms with Gasteiger partial charge in [0.15, 0.2) is 0 Å². The Morgan fingerprint density at radius 3 is 2.93 bits per heavy atom. The van der Waals surface area contributed by atoms with Gasteiger partial charge in [0.1, 0.15) is 11.0 Å². The Morgan fingerprint density at radius 2 is 2.17 bits per heavy atom. The molecular formula is C21H22BClFN3O2. The van der Waals surface area contributed by atoms with Gasteiger partial charge in [-0.3, -0.25) is 4.68 Å². The summed E-state index contributed by atoms with van der Waals surface area (Å²) < 4.78 is 19.8. The number of pyridine rings is 1. The average Bonchev–Trinajstić information content (AvgIpc) is 3.33. The van der Waals surface area contributed by atoms with Gasteiger partial charge in [0.2, 0.25) is 0 Å². The van der Waals surface area contributed by atoms with E-state index in [4.69, 9.17) is 16.3 Å². The highest BCUT2D eigenvalue weighted by molar-refractivity contribution is 6.61. The fourth-order valence-corrected chi connectivity index (χ4v) is 3.58. The maximum atomic E-state index is 12.7. The van der Waals surface area contributed by atoms with Crippen molar-refractivity contribution < 1.29 is 14.1 Å². The first-order chi connectivity index (χ1) is 14.0. The summed E-state index contributed by atoms with van der Waals surface area (Å²) in [5.74, 6) is 0.558. The van der Waals surface area contributed by atoms with Gasteiger partial charge in [0.05, 0.1) is 12.3 Å². The number of fused-ring (bicyclic) bond motifs is 1. The molecule has 0 saturated heterocycles. The van der Waals surface area contributed by atoms with Crippen LogP contribution in [-0.2, 0) is 17.6 Å². The standard InChI is InChI=1S/C13H14ClN3.C8H8BFO2/c14-13-12(2-1-5-15-13)6-11-7-16-17(9-11)8-10-3-4-10;1-5-7-4-6(10)2-3-8(7)9(11)12-5/h1-2,5,7,9-10H,3-4,6,8H2;2-5,11H,1H3/t;5-/m.1/s1. The Balaban J connectivity index is 0.000000150. The van der Waals surface area contributed by atoms with Gasteiger partial charge in [0, 0.05) is 25.4 Å². The van der Waals surface area contributed by atoms with E-state index in [1.165, 1.54) is 30.5 Å². The highest BCUT2D eigenvalue weighted by Crippen LogP contribution is 2.30. The monoisotopic (exact) mass is 413 g/mol. The first kappa shape index (κ1) is 20.1. The van der Waals surface area contributed by atoms with Crippen molar-refractivity contribution in [1.82, 2.24) is 14.8 Å². The van der Waals surface area contributed by atoms with E-state index < -0.39 is 7.12 Å². The molecule has 5 rings (SSSR count). The van der Waals surface area contributed by atoms with E-state index >= 15 is 0 Å². The number of aromatic nitrogens is 3. The fourth-order valence-electron chi connectivity index (χ4n) is 3.40. The lowest BCUT2D eigenvalue weighted by Crippen LogP contribution is -2.27. The van der Waals surface area contributed by atoms with Crippen LogP contribution in [-0.4, -0.2) is 26.9 Å². The Kier molecular flexibility index (Phi) is 5.99. The minimum absolute atomic E-state index is 0.217. The van der Waals surface area contributed by atoms with Crippen molar-refractivity contribution in [3.63, 3.8) is 0 Å². The molecule has 0 radical (unpaired) electrons. The van der Waals surface area contributed by atoms with E-state index in [2.05, 4.69) is 16.3 Å². The summed E-state index contributed by atoms with van der Waals surface area (Å²) in [6.07, 6.45) is 9.03. The Hall–Kier alpha value is -2.22. The maximum absolute atomic E-state index is 12.7. The van der Waals surface area contributed by atoms with Gasteiger partial charge in [-0.1, -0.05) is 23.7 Å². The molecule has 1 aromatic carbocycles. The average molecular weight is 414 g/mol. The molecule has 5 nitrogen and oxygen atoms in total. The van der Waals surface area contributed by atoms with Crippen molar-refractivity contribution in [3.05, 3.63) is 76.6 Å². The molecule has 8 heteroatoms. The van der Waals surface area contributed by atoms with Gasteiger partial charge in [-0.05, 0) is 66.0 Å². The van der Waals surface area contributed by atoms with Gasteiger partial charge in [-0.25, -0.2) is 9.37 Å². The van der Waals surface area contributed by atoms with E-state index in [0.717, 1.165) is 30.0 Å². The molecule has 150 valence electrons. The molecule has 0 amide bonds. The summed E-state index contributed by atoms with van der Waals surface area (Å²) in [4.78, 5) is 4.08. The Labute approximate surface area is 174 Å². The normalized spacial score (nSPS) is 17.7. The van der Waals surface area contributed by atoms with Gasteiger partial charge >= 0.3 is 7.12 Å². The predicted molar refractivity (Wildman–Crippen MR) is 111 cm³/mol. The molecule has 0 bridgehead atoms. The van der Waals surface area contributed by atoms with Gasteiger partial charge in [-0.2, -0.15) is 5.10 Å². The van der Waals surface area contributed by atoms with E-state index in [1.807, 2.05) is 23.0 Å². The molecule has 1 fully saturated rings. The van der Waals surface area contributed by atoms with Gasteiger partial charge in [0.25, 0.3) is 0 Å². The molecule has 3 heterocycles. The molecule has 0 unspecified atom stereocenters. The quantitative estimate of drug-likeness (QED) is 0.525. The topological polar surface area (TPSA) is 60.2 Å². The van der Waals surface area contributed by atoms with Crippen molar-refractivity contribution in [1.29, 1.82) is 0 Å².